The van der Waals surface area contributed by atoms with Crippen LogP contribution in [0.15, 0.2) is 25.0 Å². The van der Waals surface area contributed by atoms with Crippen molar-refractivity contribution in [3.05, 3.63) is 30.9 Å². The summed E-state index contributed by atoms with van der Waals surface area (Å²) in [4.78, 5) is 4.23. The van der Waals surface area contributed by atoms with Gasteiger partial charge in [0.2, 0.25) is 0 Å². The van der Waals surface area contributed by atoms with Gasteiger partial charge in [-0.1, -0.05) is 6.08 Å². The molecule has 0 aliphatic carbocycles. The first-order valence-electron chi connectivity index (χ1n) is 4.07. The van der Waals surface area contributed by atoms with E-state index in [1.54, 1.807) is 6.20 Å². The molecule has 0 saturated heterocycles. The van der Waals surface area contributed by atoms with Gasteiger partial charge in [-0.3, -0.25) is 0 Å². The molecule has 0 aliphatic rings. The Balaban J connectivity index is 2.58. The summed E-state index contributed by atoms with van der Waals surface area (Å²) in [6.45, 7) is 6.55. The van der Waals surface area contributed by atoms with Gasteiger partial charge in [-0.15, -0.1) is 6.58 Å². The number of aryl methyl sites for hydroxylation is 1. The molecule has 0 radical (unpaired) electrons. The van der Waals surface area contributed by atoms with Gasteiger partial charge in [0.25, 0.3) is 0 Å². The lowest BCUT2D eigenvalue weighted by Gasteiger charge is -2.11. The first kappa shape index (κ1) is 9.00. The second kappa shape index (κ2) is 4.07. The van der Waals surface area contributed by atoms with Crippen LogP contribution in [0.2, 0.25) is 0 Å². The predicted octanol–water partition coefficient (Wildman–Crippen LogP) is 1.26. The number of nitrogens with zero attached hydrogens (tertiary/aromatic N) is 2. The minimum Gasteiger partial charge on any atom is -0.337 e. The van der Waals surface area contributed by atoms with E-state index in [2.05, 4.69) is 23.8 Å². The van der Waals surface area contributed by atoms with Crippen LogP contribution in [0.1, 0.15) is 18.8 Å². The zero-order valence-corrected chi connectivity index (χ0v) is 7.62. The average molecular weight is 165 g/mol. The highest BCUT2D eigenvalue weighted by molar-refractivity contribution is 4.97. The average Bonchev–Trinajstić information content (AvgIpc) is 2.47. The number of hydrogen-bond donors (Lipinski definition) is 1. The molecule has 0 aromatic carbocycles. The van der Waals surface area contributed by atoms with Crippen LogP contribution >= 0.6 is 0 Å². The number of hydrogen-bond acceptors (Lipinski definition) is 2. The van der Waals surface area contributed by atoms with Gasteiger partial charge < -0.3 is 9.88 Å². The maximum Gasteiger partial charge on any atom is 0.125 e. The summed E-state index contributed by atoms with van der Waals surface area (Å²) in [5.74, 6) is 1.05. The van der Waals surface area contributed by atoms with Crippen molar-refractivity contribution in [3.8, 4) is 0 Å². The Bertz CT molecular complexity index is 252. The maximum atomic E-state index is 4.23. The second-order valence-corrected chi connectivity index (χ2v) is 2.81. The molecular weight excluding hydrogens is 150 g/mol. The minimum absolute atomic E-state index is 0.281. The van der Waals surface area contributed by atoms with Crippen molar-refractivity contribution in [2.24, 2.45) is 7.05 Å². The summed E-state index contributed by atoms with van der Waals surface area (Å²) in [5.41, 5.74) is 0. The van der Waals surface area contributed by atoms with E-state index in [-0.39, 0.29) is 6.04 Å². The Morgan fingerprint density at radius 1 is 1.83 bits per heavy atom. The molecule has 0 bridgehead atoms. The van der Waals surface area contributed by atoms with Crippen molar-refractivity contribution < 1.29 is 0 Å². The summed E-state index contributed by atoms with van der Waals surface area (Å²) in [6, 6.07) is 0.281. The molecule has 1 heterocycles. The summed E-state index contributed by atoms with van der Waals surface area (Å²) < 4.78 is 2.01. The van der Waals surface area contributed by atoms with Crippen LogP contribution < -0.4 is 5.32 Å². The van der Waals surface area contributed by atoms with E-state index in [4.69, 9.17) is 0 Å². The lowest BCUT2D eigenvalue weighted by Crippen LogP contribution is -2.21. The zero-order chi connectivity index (χ0) is 8.97. The Labute approximate surface area is 73.1 Å². The quantitative estimate of drug-likeness (QED) is 0.681. The third kappa shape index (κ3) is 1.95. The molecule has 0 saturated carbocycles. The molecule has 0 spiro atoms. The lowest BCUT2D eigenvalue weighted by atomic mass is 10.3. The maximum absolute atomic E-state index is 4.23. The molecule has 0 aliphatic heterocycles. The topological polar surface area (TPSA) is 29.9 Å². The van der Waals surface area contributed by atoms with E-state index >= 15 is 0 Å². The normalized spacial score (nSPS) is 12.8. The van der Waals surface area contributed by atoms with E-state index < -0.39 is 0 Å². The van der Waals surface area contributed by atoms with E-state index in [1.165, 1.54) is 0 Å². The Morgan fingerprint density at radius 2 is 2.58 bits per heavy atom. The fourth-order valence-electron chi connectivity index (χ4n) is 1.15. The zero-order valence-electron chi connectivity index (χ0n) is 7.62. The van der Waals surface area contributed by atoms with Gasteiger partial charge in [0.15, 0.2) is 0 Å². The van der Waals surface area contributed by atoms with Crippen LogP contribution in [0.4, 0.5) is 0 Å². The highest BCUT2D eigenvalue weighted by Crippen LogP contribution is 2.07. The third-order valence-electron chi connectivity index (χ3n) is 1.81. The minimum atomic E-state index is 0.281. The Kier molecular flexibility index (Phi) is 3.05. The first-order valence-corrected chi connectivity index (χ1v) is 4.07. The van der Waals surface area contributed by atoms with Crippen molar-refractivity contribution >= 4 is 0 Å². The monoisotopic (exact) mass is 165 g/mol. The molecule has 3 heteroatoms. The number of aromatic nitrogens is 2. The van der Waals surface area contributed by atoms with Gasteiger partial charge in [-0.25, -0.2) is 4.98 Å². The molecule has 1 rings (SSSR count). The molecule has 1 atom stereocenters. The van der Waals surface area contributed by atoms with Crippen molar-refractivity contribution in [3.63, 3.8) is 0 Å². The molecule has 1 aromatic rings. The van der Waals surface area contributed by atoms with Crippen LogP contribution in [-0.4, -0.2) is 16.1 Å². The van der Waals surface area contributed by atoms with Gasteiger partial charge in [-0.2, -0.15) is 0 Å². The fourth-order valence-corrected chi connectivity index (χ4v) is 1.15. The Morgan fingerprint density at radius 3 is 3.08 bits per heavy atom. The van der Waals surface area contributed by atoms with E-state index in [0.29, 0.717) is 0 Å². The number of imidazole rings is 1. The van der Waals surface area contributed by atoms with Crippen molar-refractivity contribution in [2.45, 2.75) is 13.0 Å². The largest absolute Gasteiger partial charge is 0.337 e. The van der Waals surface area contributed by atoms with Crippen molar-refractivity contribution in [1.82, 2.24) is 14.9 Å². The highest BCUT2D eigenvalue weighted by Gasteiger charge is 2.07. The number of nitrogens with one attached hydrogen (secondary N) is 1. The van der Waals surface area contributed by atoms with Crippen LogP contribution in [0.25, 0.3) is 0 Å². The molecule has 12 heavy (non-hydrogen) atoms. The second-order valence-electron chi connectivity index (χ2n) is 2.81. The molecule has 1 N–H and O–H groups in total. The standard InChI is InChI=1S/C9H15N3/c1-4-5-10-8(2)9-11-6-7-12(9)3/h4,6-8,10H,1,5H2,2-3H3. The van der Waals surface area contributed by atoms with Crippen LogP contribution in [-0.2, 0) is 7.05 Å². The van der Waals surface area contributed by atoms with Crippen LogP contribution in [0.3, 0.4) is 0 Å². The van der Waals surface area contributed by atoms with E-state index in [1.807, 2.05) is 23.9 Å². The molecule has 3 nitrogen and oxygen atoms in total. The summed E-state index contributed by atoms with van der Waals surface area (Å²) in [7, 11) is 1.99. The van der Waals surface area contributed by atoms with Crippen molar-refractivity contribution in [2.75, 3.05) is 6.54 Å². The molecule has 0 amide bonds. The molecule has 1 unspecified atom stereocenters. The number of rotatable bonds is 4. The molecular formula is C9H15N3. The molecule has 0 fully saturated rings. The Hall–Kier alpha value is -1.09. The molecule has 66 valence electrons. The fraction of sp³-hybridized carbons (Fsp3) is 0.444. The third-order valence-corrected chi connectivity index (χ3v) is 1.81. The van der Waals surface area contributed by atoms with E-state index in [9.17, 15) is 0 Å². The van der Waals surface area contributed by atoms with Gasteiger partial charge in [-0.05, 0) is 6.92 Å². The van der Waals surface area contributed by atoms with E-state index in [0.717, 1.165) is 12.4 Å². The molecule has 1 aromatic heterocycles. The van der Waals surface area contributed by atoms with Gasteiger partial charge in [0, 0.05) is 26.0 Å². The highest BCUT2D eigenvalue weighted by atomic mass is 15.1. The lowest BCUT2D eigenvalue weighted by molar-refractivity contribution is 0.561. The van der Waals surface area contributed by atoms with Crippen LogP contribution in [0, 0.1) is 0 Å². The van der Waals surface area contributed by atoms with Gasteiger partial charge >= 0.3 is 0 Å². The summed E-state index contributed by atoms with van der Waals surface area (Å²) in [5, 5.41) is 3.27. The van der Waals surface area contributed by atoms with Crippen LogP contribution in [0.5, 0.6) is 0 Å². The SMILES string of the molecule is C=CCNC(C)c1nccn1C. The first-order chi connectivity index (χ1) is 5.75. The van der Waals surface area contributed by atoms with Crippen molar-refractivity contribution in [1.29, 1.82) is 0 Å². The van der Waals surface area contributed by atoms with Gasteiger partial charge in [0.05, 0.1) is 6.04 Å². The smallest absolute Gasteiger partial charge is 0.125 e. The summed E-state index contributed by atoms with van der Waals surface area (Å²) in [6.07, 6.45) is 5.60. The summed E-state index contributed by atoms with van der Waals surface area (Å²) >= 11 is 0. The van der Waals surface area contributed by atoms with Gasteiger partial charge in [0.1, 0.15) is 5.82 Å². The predicted molar refractivity (Wildman–Crippen MR) is 49.8 cm³/mol.